The maximum Gasteiger partial charge on any atom is 0.278 e. The van der Waals surface area contributed by atoms with E-state index in [2.05, 4.69) is 17.3 Å². The highest BCUT2D eigenvalue weighted by atomic mass is 16.2. The van der Waals surface area contributed by atoms with Crippen LogP contribution in [0.25, 0.3) is 0 Å². The fraction of sp³-hybridized carbons (Fsp3) is 0.280. The van der Waals surface area contributed by atoms with Crippen LogP contribution in [0.1, 0.15) is 41.9 Å². The van der Waals surface area contributed by atoms with Gasteiger partial charge in [-0.15, -0.1) is 0 Å². The number of carbonyl (C=O) groups is 2. The zero-order valence-electron chi connectivity index (χ0n) is 18.2. The second-order valence-electron chi connectivity index (χ2n) is 7.99. The van der Waals surface area contributed by atoms with Crippen molar-refractivity contribution in [3.63, 3.8) is 0 Å². The monoisotopic (exact) mass is 430 g/mol. The number of benzene rings is 2. The molecule has 0 saturated heterocycles. The van der Waals surface area contributed by atoms with Crippen LogP contribution in [0.2, 0.25) is 0 Å². The Hall–Kier alpha value is -3.74. The maximum absolute atomic E-state index is 13.2. The van der Waals surface area contributed by atoms with Gasteiger partial charge < -0.3 is 10.2 Å². The molecule has 32 heavy (non-hydrogen) atoms. The molecule has 0 spiro atoms. The molecule has 1 N–H and O–H groups in total. The van der Waals surface area contributed by atoms with Gasteiger partial charge in [-0.3, -0.25) is 14.4 Å². The third-order valence-electron chi connectivity index (χ3n) is 5.71. The number of amides is 2. The summed E-state index contributed by atoms with van der Waals surface area (Å²) in [5.41, 5.74) is 3.72. The van der Waals surface area contributed by atoms with Crippen molar-refractivity contribution < 1.29 is 9.59 Å². The summed E-state index contributed by atoms with van der Waals surface area (Å²) in [5, 5.41) is 7.08. The number of hydrogen-bond acceptors (Lipinski definition) is 4. The number of nitrogens with one attached hydrogen (secondary N) is 1. The van der Waals surface area contributed by atoms with Crippen molar-refractivity contribution in [3.8, 4) is 0 Å². The minimum absolute atomic E-state index is 0.00644. The molecule has 2 aromatic carbocycles. The van der Waals surface area contributed by atoms with Crippen LogP contribution in [0.4, 0.5) is 11.4 Å². The standard InChI is InChI=1S/C25H26N4O3/c1-3-18-8-10-20(11-9-18)26-23(30)14-15-28-24(31)13-12-21(27-28)25(32)29-17(2)16-19-6-4-5-7-22(19)29/h4-13,17H,3,14-16H2,1-2H3,(H,26,30). The molecule has 0 bridgehead atoms. The Morgan fingerprint density at radius 2 is 1.81 bits per heavy atom. The molecule has 3 aromatic rings. The molecule has 2 amide bonds. The topological polar surface area (TPSA) is 84.3 Å². The second kappa shape index (κ2) is 9.18. The number of para-hydroxylation sites is 1. The largest absolute Gasteiger partial charge is 0.326 e. The Bertz CT molecular complexity index is 1200. The van der Waals surface area contributed by atoms with Crippen molar-refractivity contribution in [1.29, 1.82) is 0 Å². The van der Waals surface area contributed by atoms with E-state index in [-0.39, 0.29) is 42.1 Å². The summed E-state index contributed by atoms with van der Waals surface area (Å²) in [6, 6.07) is 18.2. The highest BCUT2D eigenvalue weighted by molar-refractivity contribution is 6.06. The Labute approximate surface area is 186 Å². The van der Waals surface area contributed by atoms with E-state index in [0.717, 1.165) is 24.1 Å². The average molecular weight is 431 g/mol. The minimum Gasteiger partial charge on any atom is -0.326 e. The summed E-state index contributed by atoms with van der Waals surface area (Å²) in [7, 11) is 0. The van der Waals surface area contributed by atoms with Crippen molar-refractivity contribution in [2.24, 2.45) is 0 Å². The molecule has 1 unspecified atom stereocenters. The van der Waals surface area contributed by atoms with Gasteiger partial charge in [-0.05, 0) is 55.2 Å². The maximum atomic E-state index is 13.2. The van der Waals surface area contributed by atoms with Crippen LogP contribution in [0.5, 0.6) is 0 Å². The van der Waals surface area contributed by atoms with Crippen LogP contribution < -0.4 is 15.8 Å². The molecular weight excluding hydrogens is 404 g/mol. The van der Waals surface area contributed by atoms with Gasteiger partial charge in [-0.2, -0.15) is 5.10 Å². The number of carbonyl (C=O) groups excluding carboxylic acids is 2. The lowest BCUT2D eigenvalue weighted by atomic mass is 10.1. The molecular formula is C25H26N4O3. The van der Waals surface area contributed by atoms with E-state index in [0.29, 0.717) is 5.69 Å². The number of aromatic nitrogens is 2. The lowest BCUT2D eigenvalue weighted by Gasteiger charge is -2.22. The molecule has 0 radical (unpaired) electrons. The zero-order chi connectivity index (χ0) is 22.7. The van der Waals surface area contributed by atoms with Crippen LogP contribution in [0, 0.1) is 0 Å². The van der Waals surface area contributed by atoms with Gasteiger partial charge >= 0.3 is 0 Å². The van der Waals surface area contributed by atoms with Crippen molar-refractivity contribution in [2.45, 2.75) is 45.7 Å². The van der Waals surface area contributed by atoms with Crippen LogP contribution in [-0.2, 0) is 24.2 Å². The van der Waals surface area contributed by atoms with Gasteiger partial charge in [0, 0.05) is 29.9 Å². The second-order valence-corrected chi connectivity index (χ2v) is 7.99. The van der Waals surface area contributed by atoms with Crippen molar-refractivity contribution >= 4 is 23.2 Å². The SMILES string of the molecule is CCc1ccc(NC(=O)CCn2nc(C(=O)N3c4ccccc4CC3C)ccc2=O)cc1. The van der Waals surface area contributed by atoms with Gasteiger partial charge in [0.2, 0.25) is 5.91 Å². The minimum atomic E-state index is -0.350. The number of nitrogens with zero attached hydrogens (tertiary/aromatic N) is 3. The Kier molecular flexibility index (Phi) is 6.16. The van der Waals surface area contributed by atoms with Crippen LogP contribution >= 0.6 is 0 Å². The zero-order valence-corrected chi connectivity index (χ0v) is 18.2. The van der Waals surface area contributed by atoms with Gasteiger partial charge in [-0.25, -0.2) is 4.68 Å². The fourth-order valence-electron chi connectivity index (χ4n) is 3.98. The third kappa shape index (κ3) is 4.46. The first-order chi connectivity index (χ1) is 15.5. The normalized spacial score (nSPS) is 14.8. The quantitative estimate of drug-likeness (QED) is 0.649. The fourth-order valence-corrected chi connectivity index (χ4v) is 3.98. The summed E-state index contributed by atoms with van der Waals surface area (Å²) in [6.45, 7) is 4.15. The summed E-state index contributed by atoms with van der Waals surface area (Å²) >= 11 is 0. The molecule has 0 saturated carbocycles. The lowest BCUT2D eigenvalue weighted by Crippen LogP contribution is -2.37. The molecule has 1 aliphatic heterocycles. The van der Waals surface area contributed by atoms with Crippen LogP contribution in [0.3, 0.4) is 0 Å². The Balaban J connectivity index is 1.45. The summed E-state index contributed by atoms with van der Waals surface area (Å²) in [4.78, 5) is 39.5. The predicted octanol–water partition coefficient (Wildman–Crippen LogP) is 3.43. The van der Waals surface area contributed by atoms with E-state index in [4.69, 9.17) is 0 Å². The predicted molar refractivity (Wildman–Crippen MR) is 124 cm³/mol. The van der Waals surface area contributed by atoms with Crippen molar-refractivity contribution in [1.82, 2.24) is 9.78 Å². The summed E-state index contributed by atoms with van der Waals surface area (Å²) in [6.07, 6.45) is 1.78. The van der Waals surface area contributed by atoms with Crippen molar-refractivity contribution in [3.05, 3.63) is 87.8 Å². The molecule has 1 aliphatic rings. The highest BCUT2D eigenvalue weighted by Gasteiger charge is 2.32. The first-order valence-electron chi connectivity index (χ1n) is 10.8. The van der Waals surface area contributed by atoms with E-state index >= 15 is 0 Å². The lowest BCUT2D eigenvalue weighted by molar-refractivity contribution is -0.116. The number of hydrogen-bond donors (Lipinski definition) is 1. The van der Waals surface area contributed by atoms with E-state index in [1.807, 2.05) is 55.5 Å². The molecule has 164 valence electrons. The van der Waals surface area contributed by atoms with Crippen molar-refractivity contribution in [2.75, 3.05) is 10.2 Å². The first-order valence-corrected chi connectivity index (χ1v) is 10.8. The Morgan fingerprint density at radius 1 is 1.06 bits per heavy atom. The Morgan fingerprint density at radius 3 is 2.56 bits per heavy atom. The summed E-state index contributed by atoms with van der Waals surface area (Å²) in [5.74, 6) is -0.474. The molecule has 2 heterocycles. The van der Waals surface area contributed by atoms with Gasteiger partial charge in [0.05, 0.1) is 6.54 Å². The van der Waals surface area contributed by atoms with Gasteiger partial charge in [-0.1, -0.05) is 37.3 Å². The molecule has 1 atom stereocenters. The molecule has 1 aromatic heterocycles. The average Bonchev–Trinajstić information content (AvgIpc) is 3.14. The third-order valence-corrected chi connectivity index (χ3v) is 5.71. The van der Waals surface area contributed by atoms with E-state index < -0.39 is 0 Å². The first kappa shape index (κ1) is 21.5. The number of aryl methyl sites for hydroxylation is 2. The van der Waals surface area contributed by atoms with Gasteiger partial charge in [0.1, 0.15) is 5.69 Å². The molecule has 0 aliphatic carbocycles. The van der Waals surface area contributed by atoms with E-state index in [1.165, 1.54) is 22.4 Å². The van der Waals surface area contributed by atoms with Gasteiger partial charge in [0.25, 0.3) is 11.5 Å². The number of rotatable bonds is 6. The molecule has 4 rings (SSSR count). The van der Waals surface area contributed by atoms with Crippen LogP contribution in [-0.4, -0.2) is 27.6 Å². The van der Waals surface area contributed by atoms with Crippen LogP contribution in [0.15, 0.2) is 65.5 Å². The highest BCUT2D eigenvalue weighted by Crippen LogP contribution is 2.32. The number of fused-ring (bicyclic) bond motifs is 1. The smallest absolute Gasteiger partial charge is 0.278 e. The van der Waals surface area contributed by atoms with E-state index in [1.54, 1.807) is 4.90 Å². The van der Waals surface area contributed by atoms with Gasteiger partial charge in [0.15, 0.2) is 0 Å². The van der Waals surface area contributed by atoms with E-state index in [9.17, 15) is 14.4 Å². The summed E-state index contributed by atoms with van der Waals surface area (Å²) < 4.78 is 1.18. The molecule has 0 fully saturated rings. The molecule has 7 heteroatoms. The number of anilines is 2. The molecule has 7 nitrogen and oxygen atoms in total.